The molecule has 2 heterocycles. The molecule has 142 valence electrons. The van der Waals surface area contributed by atoms with Crippen LogP contribution in [0.15, 0.2) is 42.5 Å². The largest absolute Gasteiger partial charge is 0.367 e. The van der Waals surface area contributed by atoms with Crippen LogP contribution in [0.1, 0.15) is 24.0 Å². The highest BCUT2D eigenvalue weighted by Gasteiger charge is 2.24. The van der Waals surface area contributed by atoms with Gasteiger partial charge in [0.25, 0.3) is 0 Å². The van der Waals surface area contributed by atoms with Crippen molar-refractivity contribution in [1.82, 2.24) is 20.2 Å². The molecule has 1 aromatic heterocycles. The third-order valence-corrected chi connectivity index (χ3v) is 4.92. The molecule has 1 N–H and O–H groups in total. The number of nitrogens with one attached hydrogen (secondary N) is 1. The normalized spacial score (nSPS) is 16.6. The highest BCUT2D eigenvalue weighted by Crippen LogP contribution is 2.25. The van der Waals surface area contributed by atoms with E-state index in [0.717, 1.165) is 25.1 Å². The van der Waals surface area contributed by atoms with E-state index in [1.165, 1.54) is 11.6 Å². The van der Waals surface area contributed by atoms with Gasteiger partial charge in [0.2, 0.25) is 5.95 Å². The monoisotopic (exact) mass is 377 g/mol. The average Bonchev–Trinajstić information content (AvgIpc) is 3.16. The molecule has 1 aliphatic rings. The third-order valence-electron chi connectivity index (χ3n) is 4.92. The molecule has 28 heavy (non-hydrogen) atoms. The van der Waals surface area contributed by atoms with E-state index in [1.54, 1.807) is 16.8 Å². The van der Waals surface area contributed by atoms with E-state index < -0.39 is 0 Å². The lowest BCUT2D eigenvalue weighted by Gasteiger charge is -2.35. The topological polar surface area (TPSA) is 82.7 Å². The molecule has 1 saturated heterocycles. The summed E-state index contributed by atoms with van der Waals surface area (Å²) in [5, 5.41) is 24.3. The molecule has 7 nitrogen and oxygen atoms in total. The number of nitriles is 1. The first-order valence-corrected chi connectivity index (χ1v) is 9.20. The van der Waals surface area contributed by atoms with E-state index >= 15 is 0 Å². The first-order valence-electron chi connectivity index (χ1n) is 9.20. The summed E-state index contributed by atoms with van der Waals surface area (Å²) in [5.74, 6) is 0.195. The van der Waals surface area contributed by atoms with E-state index in [-0.39, 0.29) is 11.9 Å². The van der Waals surface area contributed by atoms with Crippen molar-refractivity contribution in [2.75, 3.05) is 23.3 Å². The van der Waals surface area contributed by atoms with Gasteiger partial charge in [-0.05, 0) is 60.5 Å². The van der Waals surface area contributed by atoms with Gasteiger partial charge in [-0.2, -0.15) is 9.94 Å². The number of anilines is 2. The van der Waals surface area contributed by atoms with Crippen molar-refractivity contribution in [2.24, 2.45) is 0 Å². The highest BCUT2D eigenvalue weighted by molar-refractivity contribution is 5.52. The van der Waals surface area contributed by atoms with Crippen LogP contribution in [-0.2, 0) is 0 Å². The van der Waals surface area contributed by atoms with Crippen molar-refractivity contribution in [1.29, 1.82) is 5.26 Å². The predicted molar refractivity (Wildman–Crippen MR) is 104 cm³/mol. The first kappa shape index (κ1) is 17.9. The van der Waals surface area contributed by atoms with Gasteiger partial charge >= 0.3 is 0 Å². The van der Waals surface area contributed by atoms with Crippen LogP contribution < -0.4 is 10.2 Å². The van der Waals surface area contributed by atoms with E-state index in [1.807, 2.05) is 42.2 Å². The SMILES string of the molecule is Cc1ccc(-n2nnnc2NC2CCCN(c3ccc(C#N)cc3F)C2)cc1. The maximum Gasteiger partial charge on any atom is 0.248 e. The van der Waals surface area contributed by atoms with Crippen molar-refractivity contribution >= 4 is 11.6 Å². The average molecular weight is 377 g/mol. The third kappa shape index (κ3) is 3.64. The van der Waals surface area contributed by atoms with E-state index in [0.29, 0.717) is 23.7 Å². The zero-order valence-electron chi connectivity index (χ0n) is 15.5. The lowest BCUT2D eigenvalue weighted by Crippen LogP contribution is -2.43. The molecule has 1 aliphatic heterocycles. The lowest BCUT2D eigenvalue weighted by molar-refractivity contribution is 0.516. The Morgan fingerprint density at radius 3 is 2.79 bits per heavy atom. The van der Waals surface area contributed by atoms with Crippen molar-refractivity contribution in [3.63, 3.8) is 0 Å². The second-order valence-corrected chi connectivity index (χ2v) is 6.96. The number of rotatable bonds is 4. The minimum atomic E-state index is -0.371. The Morgan fingerprint density at radius 1 is 1.21 bits per heavy atom. The molecular weight excluding hydrogens is 357 g/mol. The number of aryl methyl sites for hydroxylation is 1. The van der Waals surface area contributed by atoms with Gasteiger partial charge in [-0.25, -0.2) is 4.39 Å². The molecular formula is C20H20FN7. The summed E-state index contributed by atoms with van der Waals surface area (Å²) in [7, 11) is 0. The standard InChI is InChI=1S/C20H20FN7/c1-14-4-7-17(8-5-14)28-20(24-25-26-28)23-16-3-2-10-27(13-16)19-9-6-15(12-22)11-18(19)21/h4-9,11,16H,2-3,10,13H2,1H3,(H,23,24,26). The molecule has 2 aromatic carbocycles. The number of nitrogens with zero attached hydrogens (tertiary/aromatic N) is 6. The van der Waals surface area contributed by atoms with E-state index in [2.05, 4.69) is 20.8 Å². The number of tetrazole rings is 1. The summed E-state index contributed by atoms with van der Waals surface area (Å²) in [4.78, 5) is 2.00. The zero-order chi connectivity index (χ0) is 19.5. The number of halogens is 1. The van der Waals surface area contributed by atoms with Crippen LogP contribution in [0.3, 0.4) is 0 Å². The molecule has 3 aromatic rings. The van der Waals surface area contributed by atoms with Gasteiger partial charge in [-0.15, -0.1) is 0 Å². The van der Waals surface area contributed by atoms with Gasteiger partial charge in [0.05, 0.1) is 23.0 Å². The second-order valence-electron chi connectivity index (χ2n) is 6.96. The van der Waals surface area contributed by atoms with Crippen LogP contribution in [0.2, 0.25) is 0 Å². The molecule has 0 spiro atoms. The Morgan fingerprint density at radius 2 is 2.04 bits per heavy atom. The summed E-state index contributed by atoms with van der Waals surface area (Å²) in [5.41, 5.74) is 2.89. The molecule has 4 rings (SSSR count). The number of piperidine rings is 1. The fourth-order valence-corrected chi connectivity index (χ4v) is 3.47. The van der Waals surface area contributed by atoms with Crippen molar-refractivity contribution < 1.29 is 4.39 Å². The fraction of sp³-hybridized carbons (Fsp3) is 0.300. The van der Waals surface area contributed by atoms with Crippen LogP contribution in [0, 0.1) is 24.1 Å². The second kappa shape index (κ2) is 7.64. The smallest absolute Gasteiger partial charge is 0.248 e. The quantitative estimate of drug-likeness (QED) is 0.752. The van der Waals surface area contributed by atoms with Gasteiger partial charge in [-0.3, -0.25) is 0 Å². The Kier molecular flexibility index (Phi) is 4.89. The summed E-state index contributed by atoms with van der Waals surface area (Å²) in [6, 6.07) is 14.6. The molecule has 0 bridgehead atoms. The lowest BCUT2D eigenvalue weighted by atomic mass is 10.0. The Balaban J connectivity index is 1.50. The minimum absolute atomic E-state index is 0.0824. The van der Waals surface area contributed by atoms with Gasteiger partial charge in [0, 0.05) is 19.1 Å². The molecule has 0 amide bonds. The van der Waals surface area contributed by atoms with Gasteiger partial charge in [0.1, 0.15) is 5.82 Å². The molecule has 1 fully saturated rings. The Labute approximate surface area is 162 Å². The zero-order valence-corrected chi connectivity index (χ0v) is 15.5. The predicted octanol–water partition coefficient (Wildman–Crippen LogP) is 3.06. The van der Waals surface area contributed by atoms with Crippen molar-refractivity contribution in [2.45, 2.75) is 25.8 Å². The maximum absolute atomic E-state index is 14.4. The van der Waals surface area contributed by atoms with Gasteiger partial charge in [0.15, 0.2) is 0 Å². The minimum Gasteiger partial charge on any atom is -0.367 e. The van der Waals surface area contributed by atoms with Crippen LogP contribution in [0.5, 0.6) is 0 Å². The highest BCUT2D eigenvalue weighted by atomic mass is 19.1. The van der Waals surface area contributed by atoms with E-state index in [4.69, 9.17) is 5.26 Å². The molecule has 0 radical (unpaired) electrons. The van der Waals surface area contributed by atoms with Crippen molar-refractivity contribution in [3.8, 4) is 11.8 Å². The molecule has 1 unspecified atom stereocenters. The maximum atomic E-state index is 14.4. The van der Waals surface area contributed by atoms with Gasteiger partial charge in [-0.1, -0.05) is 22.8 Å². The molecule has 8 heteroatoms. The van der Waals surface area contributed by atoms with Crippen LogP contribution in [-0.4, -0.2) is 39.3 Å². The van der Waals surface area contributed by atoms with Crippen molar-refractivity contribution in [3.05, 3.63) is 59.4 Å². The number of hydrogen-bond donors (Lipinski definition) is 1. The molecule has 0 aliphatic carbocycles. The van der Waals surface area contributed by atoms with Crippen LogP contribution >= 0.6 is 0 Å². The fourth-order valence-electron chi connectivity index (χ4n) is 3.47. The summed E-state index contributed by atoms with van der Waals surface area (Å²) in [6.45, 7) is 3.43. The van der Waals surface area contributed by atoms with Crippen LogP contribution in [0.25, 0.3) is 5.69 Å². The molecule has 1 atom stereocenters. The summed E-state index contributed by atoms with van der Waals surface area (Å²) in [6.07, 6.45) is 1.86. The number of benzene rings is 2. The van der Waals surface area contributed by atoms with Gasteiger partial charge < -0.3 is 10.2 Å². The van der Waals surface area contributed by atoms with E-state index in [9.17, 15) is 4.39 Å². The number of hydrogen-bond acceptors (Lipinski definition) is 6. The van der Waals surface area contributed by atoms with Crippen LogP contribution in [0.4, 0.5) is 16.0 Å². The first-order chi connectivity index (χ1) is 13.6. The Hall–Kier alpha value is -3.47. The Bertz CT molecular complexity index is 1010. The summed E-state index contributed by atoms with van der Waals surface area (Å²) < 4.78 is 16.1. The summed E-state index contributed by atoms with van der Waals surface area (Å²) >= 11 is 0. The number of aromatic nitrogens is 4. The molecule has 0 saturated carbocycles.